The van der Waals surface area contributed by atoms with E-state index < -0.39 is 0 Å². The average molecular weight is 439 g/mol. The maximum atomic E-state index is 5.50. The number of hydrogen-bond donors (Lipinski definition) is 1. The van der Waals surface area contributed by atoms with Crippen molar-refractivity contribution < 1.29 is 9.47 Å². The van der Waals surface area contributed by atoms with Gasteiger partial charge in [-0.15, -0.1) is 0 Å². The first kappa shape index (κ1) is 21.4. The number of benzene rings is 3. The number of methoxy groups -OCH3 is 2. The SMILES string of the molecule is COc1ccc(-c2[nH]c3ccc(-c4ccc(C5=CCN(C)CC5)cc4)cc3c2C)cc1OC. The Labute approximate surface area is 195 Å². The summed E-state index contributed by atoms with van der Waals surface area (Å²) in [6.07, 6.45) is 3.46. The third-order valence-corrected chi connectivity index (χ3v) is 6.73. The van der Waals surface area contributed by atoms with Crippen LogP contribution in [-0.2, 0) is 0 Å². The van der Waals surface area contributed by atoms with Crippen molar-refractivity contribution in [2.75, 3.05) is 34.4 Å². The molecule has 0 unspecified atom stereocenters. The first-order valence-electron chi connectivity index (χ1n) is 11.4. The molecule has 1 N–H and O–H groups in total. The molecule has 0 fully saturated rings. The van der Waals surface area contributed by atoms with E-state index in [0.29, 0.717) is 0 Å². The summed E-state index contributed by atoms with van der Waals surface area (Å²) < 4.78 is 10.9. The van der Waals surface area contributed by atoms with Crippen LogP contribution in [0.5, 0.6) is 11.5 Å². The number of aromatic amines is 1. The zero-order chi connectivity index (χ0) is 22.9. The van der Waals surface area contributed by atoms with Gasteiger partial charge in [-0.3, -0.25) is 0 Å². The number of ether oxygens (including phenoxy) is 2. The fourth-order valence-corrected chi connectivity index (χ4v) is 4.70. The zero-order valence-corrected chi connectivity index (χ0v) is 19.7. The standard InChI is InChI=1S/C29H30N2O2/c1-19-25-17-23(21-7-5-20(6-8-21)22-13-15-31(2)16-14-22)9-11-26(25)30-29(19)24-10-12-27(32-3)28(18-24)33-4/h5-13,17-18,30H,14-16H2,1-4H3. The van der Waals surface area contributed by atoms with Crippen LogP contribution in [0, 0.1) is 6.92 Å². The second-order valence-electron chi connectivity index (χ2n) is 8.77. The minimum atomic E-state index is 0.730. The maximum absolute atomic E-state index is 5.50. The van der Waals surface area contributed by atoms with Crippen molar-refractivity contribution in [3.05, 3.63) is 77.9 Å². The van der Waals surface area contributed by atoms with Gasteiger partial charge >= 0.3 is 0 Å². The molecule has 1 aliphatic heterocycles. The second-order valence-corrected chi connectivity index (χ2v) is 8.77. The van der Waals surface area contributed by atoms with Gasteiger partial charge < -0.3 is 19.4 Å². The number of fused-ring (bicyclic) bond motifs is 1. The molecule has 1 aromatic heterocycles. The van der Waals surface area contributed by atoms with Crippen LogP contribution in [0.25, 0.3) is 38.9 Å². The van der Waals surface area contributed by atoms with E-state index in [-0.39, 0.29) is 0 Å². The molecule has 0 radical (unpaired) electrons. The molecular weight excluding hydrogens is 408 g/mol. The lowest BCUT2D eigenvalue weighted by molar-refractivity contribution is 0.355. The van der Waals surface area contributed by atoms with E-state index in [0.717, 1.165) is 47.8 Å². The molecule has 0 saturated carbocycles. The lowest BCUT2D eigenvalue weighted by atomic mass is 9.96. The van der Waals surface area contributed by atoms with Crippen molar-refractivity contribution in [1.29, 1.82) is 0 Å². The summed E-state index contributed by atoms with van der Waals surface area (Å²) in [5.74, 6) is 1.46. The lowest BCUT2D eigenvalue weighted by Crippen LogP contribution is -2.23. The molecule has 0 spiro atoms. The van der Waals surface area contributed by atoms with E-state index in [1.807, 2.05) is 12.1 Å². The van der Waals surface area contributed by atoms with E-state index in [9.17, 15) is 0 Å². The van der Waals surface area contributed by atoms with Gasteiger partial charge in [0.1, 0.15) is 0 Å². The number of H-pyrrole nitrogens is 1. The third-order valence-electron chi connectivity index (χ3n) is 6.73. The first-order chi connectivity index (χ1) is 16.1. The molecule has 5 rings (SSSR count). The number of nitrogens with zero attached hydrogens (tertiary/aromatic N) is 1. The van der Waals surface area contributed by atoms with Crippen LogP contribution in [-0.4, -0.2) is 44.2 Å². The summed E-state index contributed by atoms with van der Waals surface area (Å²) in [5, 5.41) is 1.24. The monoisotopic (exact) mass is 438 g/mol. The number of hydrogen-bond acceptors (Lipinski definition) is 3. The summed E-state index contributed by atoms with van der Waals surface area (Å²) in [6.45, 7) is 4.33. The van der Waals surface area contributed by atoms with Gasteiger partial charge in [0.2, 0.25) is 0 Å². The summed E-state index contributed by atoms with van der Waals surface area (Å²) in [7, 11) is 5.50. The van der Waals surface area contributed by atoms with E-state index in [1.54, 1.807) is 14.2 Å². The van der Waals surface area contributed by atoms with Gasteiger partial charge in [0.05, 0.1) is 14.2 Å². The topological polar surface area (TPSA) is 37.5 Å². The lowest BCUT2D eigenvalue weighted by Gasteiger charge is -2.22. The normalized spacial score (nSPS) is 14.4. The predicted octanol–water partition coefficient (Wildman–Crippen LogP) is 6.55. The molecule has 2 heterocycles. The van der Waals surface area contributed by atoms with Crippen LogP contribution in [0.1, 0.15) is 17.5 Å². The van der Waals surface area contributed by atoms with Crippen LogP contribution in [0.4, 0.5) is 0 Å². The van der Waals surface area contributed by atoms with E-state index >= 15 is 0 Å². The summed E-state index contributed by atoms with van der Waals surface area (Å²) in [4.78, 5) is 5.95. The fraction of sp³-hybridized carbons (Fsp3) is 0.241. The smallest absolute Gasteiger partial charge is 0.161 e. The zero-order valence-electron chi connectivity index (χ0n) is 19.7. The van der Waals surface area contributed by atoms with Crippen LogP contribution >= 0.6 is 0 Å². The summed E-state index contributed by atoms with van der Waals surface area (Å²) in [5.41, 5.74) is 9.81. The summed E-state index contributed by atoms with van der Waals surface area (Å²) in [6, 6.07) is 21.7. The highest BCUT2D eigenvalue weighted by molar-refractivity contribution is 5.93. The molecule has 168 valence electrons. The number of aromatic nitrogens is 1. The van der Waals surface area contributed by atoms with Crippen molar-refractivity contribution in [1.82, 2.24) is 9.88 Å². The molecule has 4 aromatic rings. The Kier molecular flexibility index (Phi) is 5.69. The molecule has 0 aliphatic carbocycles. The van der Waals surface area contributed by atoms with Crippen molar-refractivity contribution in [3.63, 3.8) is 0 Å². The Balaban J connectivity index is 1.48. The molecule has 3 aromatic carbocycles. The van der Waals surface area contributed by atoms with Crippen LogP contribution in [0.15, 0.2) is 66.7 Å². The average Bonchev–Trinajstić information content (AvgIpc) is 3.20. The van der Waals surface area contributed by atoms with Crippen LogP contribution in [0.2, 0.25) is 0 Å². The molecule has 1 aliphatic rings. The quantitative estimate of drug-likeness (QED) is 0.384. The highest BCUT2D eigenvalue weighted by atomic mass is 16.5. The molecule has 0 bridgehead atoms. The van der Waals surface area contributed by atoms with Gasteiger partial charge in [0.15, 0.2) is 11.5 Å². The third kappa shape index (κ3) is 4.03. The number of likely N-dealkylation sites (N-methyl/N-ethyl adjacent to an activating group) is 1. The minimum absolute atomic E-state index is 0.730. The Morgan fingerprint density at radius 2 is 1.48 bits per heavy atom. The number of nitrogens with one attached hydrogen (secondary N) is 1. The Morgan fingerprint density at radius 3 is 2.18 bits per heavy atom. The van der Waals surface area contributed by atoms with Crippen molar-refractivity contribution in [2.24, 2.45) is 0 Å². The first-order valence-corrected chi connectivity index (χ1v) is 11.4. The molecule has 0 saturated heterocycles. The predicted molar refractivity (Wildman–Crippen MR) is 137 cm³/mol. The van der Waals surface area contributed by atoms with Crippen molar-refractivity contribution >= 4 is 16.5 Å². The van der Waals surface area contributed by atoms with Gasteiger partial charge in [-0.05, 0) is 78.6 Å². The van der Waals surface area contributed by atoms with E-state index in [4.69, 9.17) is 9.47 Å². The van der Waals surface area contributed by atoms with Crippen LogP contribution in [0.3, 0.4) is 0 Å². The molecule has 4 heteroatoms. The highest BCUT2D eigenvalue weighted by Gasteiger charge is 2.14. The Bertz CT molecular complexity index is 1330. The highest BCUT2D eigenvalue weighted by Crippen LogP contribution is 2.37. The molecule has 0 amide bonds. The van der Waals surface area contributed by atoms with Gasteiger partial charge in [0, 0.05) is 35.2 Å². The second kappa shape index (κ2) is 8.80. The summed E-state index contributed by atoms with van der Waals surface area (Å²) >= 11 is 0. The van der Waals surface area contributed by atoms with Crippen LogP contribution < -0.4 is 9.47 Å². The maximum Gasteiger partial charge on any atom is 0.161 e. The van der Waals surface area contributed by atoms with Gasteiger partial charge in [0.25, 0.3) is 0 Å². The molecule has 33 heavy (non-hydrogen) atoms. The molecular formula is C29H30N2O2. The van der Waals surface area contributed by atoms with Crippen molar-refractivity contribution in [2.45, 2.75) is 13.3 Å². The van der Waals surface area contributed by atoms with Gasteiger partial charge in [-0.2, -0.15) is 0 Å². The number of aryl methyl sites for hydroxylation is 1. The van der Waals surface area contributed by atoms with Crippen molar-refractivity contribution in [3.8, 4) is 33.9 Å². The largest absolute Gasteiger partial charge is 0.493 e. The fourth-order valence-electron chi connectivity index (χ4n) is 4.70. The number of rotatable bonds is 5. The van der Waals surface area contributed by atoms with Gasteiger partial charge in [-0.25, -0.2) is 0 Å². The molecule has 0 atom stereocenters. The Morgan fingerprint density at radius 1 is 0.788 bits per heavy atom. The Hall–Kier alpha value is -3.50. The minimum Gasteiger partial charge on any atom is -0.493 e. The van der Waals surface area contributed by atoms with E-state index in [2.05, 4.69) is 78.5 Å². The van der Waals surface area contributed by atoms with E-state index in [1.165, 1.54) is 33.2 Å². The van der Waals surface area contributed by atoms with Gasteiger partial charge in [-0.1, -0.05) is 36.4 Å². The molecule has 4 nitrogen and oxygen atoms in total.